The highest BCUT2D eigenvalue weighted by Crippen LogP contribution is 2.40. The number of nitrogens with zero attached hydrogens (tertiary/aromatic N) is 4. The lowest BCUT2D eigenvalue weighted by Gasteiger charge is -2.41. The van der Waals surface area contributed by atoms with Crippen LogP contribution in [0.25, 0.3) is 0 Å². The molecule has 2 aliphatic heterocycles. The molecule has 1 aliphatic carbocycles. The molecule has 2 aromatic carbocycles. The van der Waals surface area contributed by atoms with Crippen LogP contribution in [0.5, 0.6) is 11.5 Å². The van der Waals surface area contributed by atoms with Gasteiger partial charge in [-0.2, -0.15) is 0 Å². The van der Waals surface area contributed by atoms with Crippen molar-refractivity contribution in [1.29, 1.82) is 0 Å². The van der Waals surface area contributed by atoms with Crippen molar-refractivity contribution < 1.29 is 19.1 Å². The van der Waals surface area contributed by atoms with E-state index in [9.17, 15) is 9.59 Å². The number of para-hydroxylation sites is 2. The Bertz CT molecular complexity index is 1130. The number of ether oxygens (including phenoxy) is 2. The first-order valence-corrected chi connectivity index (χ1v) is 12.8. The van der Waals surface area contributed by atoms with Crippen molar-refractivity contribution >= 4 is 23.2 Å². The van der Waals surface area contributed by atoms with Gasteiger partial charge in [-0.25, -0.2) is 0 Å². The summed E-state index contributed by atoms with van der Waals surface area (Å²) in [5.41, 5.74) is 1.65. The van der Waals surface area contributed by atoms with E-state index >= 15 is 0 Å². The molecule has 2 fully saturated rings. The highest BCUT2D eigenvalue weighted by Gasteiger charge is 2.48. The summed E-state index contributed by atoms with van der Waals surface area (Å²) in [4.78, 5) is 37.9. The van der Waals surface area contributed by atoms with Crippen LogP contribution in [0.15, 0.2) is 53.5 Å². The van der Waals surface area contributed by atoms with Crippen LogP contribution in [-0.2, 0) is 9.59 Å². The lowest BCUT2D eigenvalue weighted by molar-refractivity contribution is -0.141. The van der Waals surface area contributed by atoms with Gasteiger partial charge in [0, 0.05) is 31.7 Å². The Hall–Kier alpha value is -3.55. The molecule has 8 heteroatoms. The highest BCUT2D eigenvalue weighted by molar-refractivity contribution is 6.47. The molecule has 2 heterocycles. The first-order chi connectivity index (χ1) is 17.5. The Balaban J connectivity index is 1.29. The van der Waals surface area contributed by atoms with Crippen molar-refractivity contribution in [2.75, 3.05) is 51.8 Å². The molecule has 36 heavy (non-hydrogen) atoms. The van der Waals surface area contributed by atoms with Crippen molar-refractivity contribution in [2.45, 2.75) is 37.8 Å². The van der Waals surface area contributed by atoms with Crippen LogP contribution < -0.4 is 14.4 Å². The number of piperazine rings is 1. The molecule has 5 rings (SSSR count). The zero-order chi connectivity index (χ0) is 25.1. The van der Waals surface area contributed by atoms with E-state index in [1.807, 2.05) is 53.4 Å². The molecule has 0 atom stereocenters. The number of amides is 2. The van der Waals surface area contributed by atoms with Gasteiger partial charge in [-0.15, -0.1) is 0 Å². The third kappa shape index (κ3) is 4.52. The first kappa shape index (κ1) is 24.2. The molecule has 8 nitrogen and oxygen atoms in total. The Kier molecular flexibility index (Phi) is 6.85. The lowest BCUT2D eigenvalue weighted by Crippen LogP contribution is -2.55. The minimum atomic E-state index is -0.612. The average Bonchev–Trinajstić information content (AvgIpc) is 3.19. The number of benzene rings is 2. The number of anilines is 1. The van der Waals surface area contributed by atoms with Crippen molar-refractivity contribution in [3.8, 4) is 11.5 Å². The van der Waals surface area contributed by atoms with Crippen LogP contribution >= 0.6 is 0 Å². The summed E-state index contributed by atoms with van der Waals surface area (Å²) >= 11 is 0. The average molecular weight is 491 g/mol. The number of methoxy groups -OCH3 is 2. The smallest absolute Gasteiger partial charge is 0.275 e. The van der Waals surface area contributed by atoms with E-state index in [0.29, 0.717) is 18.8 Å². The number of rotatable bonds is 6. The second kappa shape index (κ2) is 10.2. The molecule has 0 bridgehead atoms. The van der Waals surface area contributed by atoms with E-state index in [4.69, 9.17) is 14.5 Å². The van der Waals surface area contributed by atoms with E-state index in [0.717, 1.165) is 67.9 Å². The molecular formula is C28H34N4O4. The van der Waals surface area contributed by atoms with Crippen LogP contribution in [0, 0.1) is 0 Å². The molecule has 2 amide bonds. The monoisotopic (exact) mass is 490 g/mol. The zero-order valence-corrected chi connectivity index (χ0v) is 21.1. The van der Waals surface area contributed by atoms with Gasteiger partial charge in [0.15, 0.2) is 0 Å². The Morgan fingerprint density at radius 1 is 0.917 bits per heavy atom. The summed E-state index contributed by atoms with van der Waals surface area (Å²) in [6, 6.07) is 15.4. The fourth-order valence-corrected chi connectivity index (χ4v) is 5.61. The molecule has 0 N–H and O–H groups in total. The van der Waals surface area contributed by atoms with E-state index in [1.165, 1.54) is 0 Å². The van der Waals surface area contributed by atoms with Gasteiger partial charge < -0.3 is 24.2 Å². The standard InChI is InChI=1S/C28H34N4O4/c1-35-22-12-10-21(11-13-22)26-27(34)32(28(29-26)14-6-3-7-15-28)20-25(33)31-18-16-30(17-19-31)23-8-4-5-9-24(23)36-2/h4-5,8-13H,3,6-7,14-20H2,1-2H3. The highest BCUT2D eigenvalue weighted by atomic mass is 16.5. The van der Waals surface area contributed by atoms with Crippen LogP contribution in [0.2, 0.25) is 0 Å². The van der Waals surface area contributed by atoms with Crippen molar-refractivity contribution in [1.82, 2.24) is 9.80 Å². The molecule has 190 valence electrons. The first-order valence-electron chi connectivity index (χ1n) is 12.8. The minimum absolute atomic E-state index is 0.0147. The normalized spacial score (nSPS) is 19.4. The van der Waals surface area contributed by atoms with E-state index in [-0.39, 0.29) is 18.4 Å². The van der Waals surface area contributed by atoms with Crippen LogP contribution in [0.1, 0.15) is 37.7 Å². The van der Waals surface area contributed by atoms with Crippen molar-refractivity contribution in [3.63, 3.8) is 0 Å². The minimum Gasteiger partial charge on any atom is -0.497 e. The van der Waals surface area contributed by atoms with Crippen molar-refractivity contribution in [3.05, 3.63) is 54.1 Å². The predicted octanol–water partition coefficient (Wildman–Crippen LogP) is 3.34. The molecule has 1 saturated heterocycles. The molecule has 3 aliphatic rings. The number of carbonyl (C=O) groups excluding carboxylic acids is 2. The topological polar surface area (TPSA) is 74.7 Å². The van der Waals surface area contributed by atoms with Crippen LogP contribution in [-0.4, -0.2) is 79.9 Å². The van der Waals surface area contributed by atoms with E-state index in [2.05, 4.69) is 4.90 Å². The van der Waals surface area contributed by atoms with Crippen LogP contribution in [0.4, 0.5) is 5.69 Å². The molecule has 0 radical (unpaired) electrons. The Morgan fingerprint density at radius 3 is 2.28 bits per heavy atom. The summed E-state index contributed by atoms with van der Waals surface area (Å²) in [7, 11) is 3.29. The van der Waals surface area contributed by atoms with Gasteiger partial charge in [-0.05, 0) is 62.1 Å². The van der Waals surface area contributed by atoms with Gasteiger partial charge in [-0.3, -0.25) is 14.6 Å². The molecule has 2 aromatic rings. The predicted molar refractivity (Wildman–Crippen MR) is 139 cm³/mol. The molecule has 0 aromatic heterocycles. The van der Waals surface area contributed by atoms with Crippen molar-refractivity contribution in [2.24, 2.45) is 4.99 Å². The van der Waals surface area contributed by atoms with Gasteiger partial charge in [0.05, 0.1) is 19.9 Å². The second-order valence-corrected chi connectivity index (χ2v) is 9.66. The summed E-state index contributed by atoms with van der Waals surface area (Å²) in [6.45, 7) is 2.73. The van der Waals surface area contributed by atoms with Gasteiger partial charge in [-0.1, -0.05) is 18.6 Å². The molecular weight excluding hydrogens is 456 g/mol. The maximum atomic E-state index is 13.6. The number of aliphatic imine (C=N–C) groups is 1. The molecule has 1 spiro atoms. The Labute approximate surface area is 212 Å². The summed E-state index contributed by atoms with van der Waals surface area (Å²) < 4.78 is 10.8. The van der Waals surface area contributed by atoms with Gasteiger partial charge >= 0.3 is 0 Å². The summed E-state index contributed by atoms with van der Waals surface area (Å²) in [6.07, 6.45) is 4.75. The van der Waals surface area contributed by atoms with E-state index < -0.39 is 5.66 Å². The van der Waals surface area contributed by atoms with E-state index in [1.54, 1.807) is 19.1 Å². The van der Waals surface area contributed by atoms with Gasteiger partial charge in [0.1, 0.15) is 29.4 Å². The summed E-state index contributed by atoms with van der Waals surface area (Å²) in [5.74, 6) is 1.40. The molecule has 1 saturated carbocycles. The SMILES string of the molecule is COc1ccc(C2=NC3(CCCCC3)N(CC(=O)N3CCN(c4ccccc4OC)CC3)C2=O)cc1. The third-order valence-electron chi connectivity index (χ3n) is 7.64. The zero-order valence-electron chi connectivity index (χ0n) is 21.1. The van der Waals surface area contributed by atoms with Gasteiger partial charge in [0.2, 0.25) is 5.91 Å². The fourth-order valence-electron chi connectivity index (χ4n) is 5.61. The second-order valence-electron chi connectivity index (χ2n) is 9.66. The maximum Gasteiger partial charge on any atom is 0.275 e. The fraction of sp³-hybridized carbons (Fsp3) is 0.464. The van der Waals surface area contributed by atoms with Gasteiger partial charge in [0.25, 0.3) is 5.91 Å². The lowest BCUT2D eigenvalue weighted by atomic mass is 9.88. The van der Waals surface area contributed by atoms with Crippen LogP contribution in [0.3, 0.4) is 0 Å². The number of hydrogen-bond donors (Lipinski definition) is 0. The molecule has 0 unspecified atom stereocenters. The Morgan fingerprint density at radius 2 is 1.61 bits per heavy atom. The maximum absolute atomic E-state index is 13.6. The third-order valence-corrected chi connectivity index (χ3v) is 7.64. The summed E-state index contributed by atoms with van der Waals surface area (Å²) in [5, 5.41) is 0. The largest absolute Gasteiger partial charge is 0.497 e. The quantitative estimate of drug-likeness (QED) is 0.621. The number of hydrogen-bond acceptors (Lipinski definition) is 6. The number of carbonyl (C=O) groups is 2.